The van der Waals surface area contributed by atoms with Crippen LogP contribution in [-0.2, 0) is 0 Å². The van der Waals surface area contributed by atoms with E-state index >= 15 is 0 Å². The van der Waals surface area contributed by atoms with Gasteiger partial charge < -0.3 is 0 Å². The third kappa shape index (κ3) is 0.702. The first-order chi connectivity index (χ1) is 4.18. The normalized spacial score (nSPS) is 53.4. The van der Waals surface area contributed by atoms with Gasteiger partial charge in [0.2, 0.25) is 0 Å². The smallest absolute Gasteiger partial charge is 0.0238 e. The van der Waals surface area contributed by atoms with Crippen LogP contribution < -0.4 is 0 Å². The van der Waals surface area contributed by atoms with Crippen LogP contribution in [0.2, 0.25) is 0 Å². The van der Waals surface area contributed by atoms with Gasteiger partial charge in [-0.2, -0.15) is 0 Å². The molecule has 0 aromatic carbocycles. The molecule has 0 aromatic heterocycles. The highest BCUT2D eigenvalue weighted by Crippen LogP contribution is 2.73. The first-order valence-electron chi connectivity index (χ1n) is 3.48. The minimum absolute atomic E-state index is 0.751. The maximum absolute atomic E-state index is 3.77. The molecule has 0 saturated heterocycles. The van der Waals surface area contributed by atoms with Crippen LogP contribution >= 0.6 is 22.6 Å². The lowest BCUT2D eigenvalue weighted by Gasteiger charge is -2.68. The van der Waals surface area contributed by atoms with Crippen molar-refractivity contribution in [3.05, 3.63) is 12.7 Å². The number of allylic oxidation sites excluding steroid dienone is 1. The molecule has 2 bridgehead atoms. The highest BCUT2D eigenvalue weighted by molar-refractivity contribution is 14.1. The van der Waals surface area contributed by atoms with Crippen molar-refractivity contribution in [2.45, 2.75) is 29.1 Å². The van der Waals surface area contributed by atoms with Gasteiger partial charge >= 0.3 is 0 Å². The molecule has 50 valence electrons. The van der Waals surface area contributed by atoms with Gasteiger partial charge in [0, 0.05) is 3.42 Å². The molecule has 3 aliphatic rings. The fourth-order valence-electron chi connectivity index (χ4n) is 2.38. The van der Waals surface area contributed by atoms with Crippen molar-refractivity contribution < 1.29 is 0 Å². The molecule has 0 nitrogen and oxygen atoms in total. The number of rotatable bonds is 2. The van der Waals surface area contributed by atoms with Crippen LogP contribution in [0.1, 0.15) is 25.7 Å². The molecular formula is C8H11I. The topological polar surface area (TPSA) is 0 Å². The van der Waals surface area contributed by atoms with E-state index in [9.17, 15) is 0 Å². The van der Waals surface area contributed by atoms with Crippen molar-refractivity contribution in [1.29, 1.82) is 0 Å². The van der Waals surface area contributed by atoms with Gasteiger partial charge in [-0.25, -0.2) is 0 Å². The van der Waals surface area contributed by atoms with E-state index in [2.05, 4.69) is 35.2 Å². The van der Waals surface area contributed by atoms with Gasteiger partial charge in [-0.05, 0) is 31.1 Å². The zero-order valence-corrected chi connectivity index (χ0v) is 7.65. The molecule has 0 atom stereocenters. The van der Waals surface area contributed by atoms with E-state index in [0.717, 1.165) is 8.84 Å². The van der Waals surface area contributed by atoms with E-state index in [1.54, 1.807) is 0 Å². The van der Waals surface area contributed by atoms with Crippen LogP contribution in [0.4, 0.5) is 0 Å². The van der Waals surface area contributed by atoms with Crippen LogP contribution in [0.3, 0.4) is 0 Å². The minimum Gasteiger partial charge on any atom is -0.103 e. The Morgan fingerprint density at radius 3 is 2.33 bits per heavy atom. The maximum atomic E-state index is 3.77. The monoisotopic (exact) mass is 234 g/mol. The second-order valence-corrected chi connectivity index (χ2v) is 5.96. The second-order valence-electron chi connectivity index (χ2n) is 3.67. The molecule has 0 spiro atoms. The molecule has 3 aliphatic carbocycles. The molecule has 0 aromatic rings. The van der Waals surface area contributed by atoms with Crippen LogP contribution in [0.15, 0.2) is 12.7 Å². The first-order valence-corrected chi connectivity index (χ1v) is 4.56. The summed E-state index contributed by atoms with van der Waals surface area (Å²) in [6.07, 6.45) is 7.73. The summed E-state index contributed by atoms with van der Waals surface area (Å²) in [5.74, 6) is 0. The van der Waals surface area contributed by atoms with Crippen molar-refractivity contribution >= 4 is 22.6 Å². The SMILES string of the molecule is C=CCC12CC(I)(C1)C2. The summed E-state index contributed by atoms with van der Waals surface area (Å²) in [6, 6.07) is 0. The summed E-state index contributed by atoms with van der Waals surface area (Å²) in [5.41, 5.74) is 0.753. The van der Waals surface area contributed by atoms with Gasteiger partial charge in [0.15, 0.2) is 0 Å². The summed E-state index contributed by atoms with van der Waals surface area (Å²) in [6.45, 7) is 3.77. The van der Waals surface area contributed by atoms with Crippen LogP contribution in [0.5, 0.6) is 0 Å². The number of hydrogen-bond acceptors (Lipinski definition) is 0. The standard InChI is InChI=1S/C8H11I/c1-2-3-7-4-8(9,5-7)6-7/h2H,1,3-6H2. The lowest BCUT2D eigenvalue weighted by Crippen LogP contribution is -2.62. The summed E-state index contributed by atoms with van der Waals surface area (Å²) < 4.78 is 0.751. The Hall–Kier alpha value is 0.470. The summed E-state index contributed by atoms with van der Waals surface area (Å²) in [4.78, 5) is 0. The van der Waals surface area contributed by atoms with Crippen molar-refractivity contribution in [2.24, 2.45) is 5.41 Å². The van der Waals surface area contributed by atoms with Crippen molar-refractivity contribution in [1.82, 2.24) is 0 Å². The van der Waals surface area contributed by atoms with Gasteiger partial charge in [-0.3, -0.25) is 0 Å². The highest BCUT2D eigenvalue weighted by Gasteiger charge is 2.65. The Labute approximate surface area is 69.9 Å². The van der Waals surface area contributed by atoms with Crippen LogP contribution in [0, 0.1) is 5.41 Å². The summed E-state index contributed by atoms with van der Waals surface area (Å²) >= 11 is 2.61. The second kappa shape index (κ2) is 1.55. The third-order valence-electron chi connectivity index (χ3n) is 2.65. The lowest BCUT2D eigenvalue weighted by atomic mass is 9.43. The third-order valence-corrected chi connectivity index (χ3v) is 3.80. The molecule has 9 heavy (non-hydrogen) atoms. The quantitative estimate of drug-likeness (QED) is 0.391. The molecular weight excluding hydrogens is 223 g/mol. The Balaban J connectivity index is 1.96. The first kappa shape index (κ1) is 6.20. The molecule has 0 amide bonds. The summed E-state index contributed by atoms with van der Waals surface area (Å²) in [5, 5.41) is 0. The fourth-order valence-corrected chi connectivity index (χ4v) is 4.81. The number of alkyl halides is 1. The highest BCUT2D eigenvalue weighted by atomic mass is 127. The van der Waals surface area contributed by atoms with E-state index in [1.807, 2.05) is 0 Å². The molecule has 0 unspecified atom stereocenters. The molecule has 0 aliphatic heterocycles. The molecule has 3 saturated carbocycles. The van der Waals surface area contributed by atoms with Crippen molar-refractivity contribution in [3.63, 3.8) is 0 Å². The minimum atomic E-state index is 0.751. The Morgan fingerprint density at radius 1 is 1.44 bits per heavy atom. The molecule has 0 N–H and O–H groups in total. The summed E-state index contributed by atoms with van der Waals surface area (Å²) in [7, 11) is 0. The van der Waals surface area contributed by atoms with Gasteiger partial charge in [-0.1, -0.05) is 28.7 Å². The van der Waals surface area contributed by atoms with Gasteiger partial charge in [0.1, 0.15) is 0 Å². The van der Waals surface area contributed by atoms with Crippen molar-refractivity contribution in [3.8, 4) is 0 Å². The molecule has 1 heteroatoms. The van der Waals surface area contributed by atoms with E-state index in [0.29, 0.717) is 0 Å². The molecule has 3 rings (SSSR count). The Bertz CT molecular complexity index is 140. The predicted molar refractivity (Wildman–Crippen MR) is 47.8 cm³/mol. The van der Waals surface area contributed by atoms with E-state index in [4.69, 9.17) is 0 Å². The predicted octanol–water partition coefficient (Wildman–Crippen LogP) is 2.92. The average molecular weight is 234 g/mol. The van der Waals surface area contributed by atoms with Crippen LogP contribution in [0.25, 0.3) is 0 Å². The zero-order valence-electron chi connectivity index (χ0n) is 5.49. The molecule has 3 fully saturated rings. The molecule has 0 radical (unpaired) electrons. The average Bonchev–Trinajstić information content (AvgIpc) is 1.60. The number of hydrogen-bond donors (Lipinski definition) is 0. The van der Waals surface area contributed by atoms with E-state index in [1.165, 1.54) is 25.7 Å². The van der Waals surface area contributed by atoms with Crippen LogP contribution in [-0.4, -0.2) is 3.42 Å². The lowest BCUT2D eigenvalue weighted by molar-refractivity contribution is -0.0589. The Morgan fingerprint density at radius 2 is 2.00 bits per heavy atom. The van der Waals surface area contributed by atoms with E-state index < -0.39 is 0 Å². The largest absolute Gasteiger partial charge is 0.103 e. The Kier molecular flexibility index (Phi) is 1.07. The number of halogens is 1. The van der Waals surface area contributed by atoms with Gasteiger partial charge in [0.05, 0.1) is 0 Å². The zero-order chi connectivity index (χ0) is 6.54. The van der Waals surface area contributed by atoms with Gasteiger partial charge in [-0.15, -0.1) is 6.58 Å². The van der Waals surface area contributed by atoms with Crippen molar-refractivity contribution in [2.75, 3.05) is 0 Å². The van der Waals surface area contributed by atoms with Gasteiger partial charge in [0.25, 0.3) is 0 Å². The molecule has 0 heterocycles. The fraction of sp³-hybridized carbons (Fsp3) is 0.750. The van der Waals surface area contributed by atoms with E-state index in [-0.39, 0.29) is 0 Å². The maximum Gasteiger partial charge on any atom is 0.0238 e.